The number of carbonyl (C=O) groups excluding carboxylic acids is 1. The molecule has 0 spiro atoms. The molecule has 2 N–H and O–H groups in total. The van der Waals surface area contributed by atoms with E-state index in [-0.39, 0.29) is 11.4 Å². The quantitative estimate of drug-likeness (QED) is 0.841. The molecule has 4 aliphatic rings. The molecule has 126 valence electrons. The number of aromatic amines is 1. The van der Waals surface area contributed by atoms with Crippen LogP contribution in [0.3, 0.4) is 0 Å². The minimum Gasteiger partial charge on any atom is -0.358 e. The van der Waals surface area contributed by atoms with Crippen LogP contribution >= 0.6 is 0 Å². The van der Waals surface area contributed by atoms with Crippen LogP contribution in [0.5, 0.6) is 0 Å². The van der Waals surface area contributed by atoms with Crippen LogP contribution in [0.15, 0.2) is 18.2 Å². The van der Waals surface area contributed by atoms with E-state index in [1.165, 1.54) is 55.2 Å². The van der Waals surface area contributed by atoms with E-state index in [2.05, 4.69) is 30.2 Å². The fourth-order valence-electron chi connectivity index (χ4n) is 6.18. The molecule has 0 unspecified atom stereocenters. The molecule has 0 aliphatic heterocycles. The normalized spacial score (nSPS) is 34.0. The lowest BCUT2D eigenvalue weighted by molar-refractivity contribution is -0.0166. The molecule has 4 bridgehead atoms. The minimum absolute atomic E-state index is 0.0872. The summed E-state index contributed by atoms with van der Waals surface area (Å²) in [4.78, 5) is 16.4. The number of hydrogen-bond donors (Lipinski definition) is 2. The van der Waals surface area contributed by atoms with Gasteiger partial charge in [0.1, 0.15) is 0 Å². The summed E-state index contributed by atoms with van der Waals surface area (Å²) in [5, 5.41) is 4.65. The van der Waals surface area contributed by atoms with Crippen molar-refractivity contribution >= 4 is 16.8 Å². The fourth-order valence-corrected chi connectivity index (χ4v) is 6.18. The summed E-state index contributed by atoms with van der Waals surface area (Å²) in [6.45, 7) is 4.21. The van der Waals surface area contributed by atoms with Crippen molar-refractivity contribution in [1.82, 2.24) is 10.3 Å². The highest BCUT2D eigenvalue weighted by molar-refractivity contribution is 5.99. The Hall–Kier alpha value is -1.77. The Bertz CT molecular complexity index is 796. The second-order valence-electron chi connectivity index (χ2n) is 8.79. The molecule has 0 radical (unpaired) electrons. The first kappa shape index (κ1) is 14.6. The van der Waals surface area contributed by atoms with E-state index in [1.807, 2.05) is 12.1 Å². The number of carbonyl (C=O) groups is 1. The number of aromatic nitrogens is 1. The van der Waals surface area contributed by atoms with Gasteiger partial charge in [0.2, 0.25) is 0 Å². The van der Waals surface area contributed by atoms with E-state index in [9.17, 15) is 4.79 Å². The molecule has 4 aliphatic carbocycles. The second-order valence-corrected chi connectivity index (χ2v) is 8.79. The molecule has 1 aromatic heterocycles. The van der Waals surface area contributed by atoms with Gasteiger partial charge in [0.05, 0.1) is 0 Å². The van der Waals surface area contributed by atoms with Crippen molar-refractivity contribution in [3.63, 3.8) is 0 Å². The van der Waals surface area contributed by atoms with Gasteiger partial charge in [-0.15, -0.1) is 0 Å². The van der Waals surface area contributed by atoms with Crippen molar-refractivity contribution in [2.24, 2.45) is 17.8 Å². The molecule has 3 nitrogen and oxygen atoms in total. The van der Waals surface area contributed by atoms with Crippen LogP contribution in [0, 0.1) is 31.6 Å². The SMILES string of the molecule is Cc1[nH]c2ccc(C(=O)NC34CC5CC(CC(C5)C3)C4)cc2c1C. The molecule has 4 saturated carbocycles. The molecule has 4 fully saturated rings. The maximum absolute atomic E-state index is 13.0. The Morgan fingerprint density at radius 3 is 2.33 bits per heavy atom. The van der Waals surface area contributed by atoms with Crippen LogP contribution in [-0.2, 0) is 0 Å². The zero-order valence-corrected chi connectivity index (χ0v) is 14.6. The summed E-state index contributed by atoms with van der Waals surface area (Å²) in [7, 11) is 0. The molecule has 3 heteroatoms. The van der Waals surface area contributed by atoms with Gasteiger partial charge in [0, 0.05) is 27.7 Å². The fraction of sp³-hybridized carbons (Fsp3) is 0.571. The van der Waals surface area contributed by atoms with Gasteiger partial charge < -0.3 is 10.3 Å². The molecule has 6 rings (SSSR count). The molecule has 1 heterocycles. The number of nitrogens with one attached hydrogen (secondary N) is 2. The predicted octanol–water partition coefficient (Wildman–Crippen LogP) is 4.48. The Kier molecular flexibility index (Phi) is 2.96. The largest absolute Gasteiger partial charge is 0.358 e. The lowest BCUT2D eigenvalue weighted by atomic mass is 9.53. The Morgan fingerprint density at radius 2 is 1.71 bits per heavy atom. The molecule has 1 amide bonds. The van der Waals surface area contributed by atoms with Crippen molar-refractivity contribution in [2.45, 2.75) is 57.9 Å². The summed E-state index contributed by atoms with van der Waals surface area (Å²) in [6.07, 6.45) is 7.83. The van der Waals surface area contributed by atoms with Crippen molar-refractivity contribution in [2.75, 3.05) is 0 Å². The Labute approximate surface area is 143 Å². The third kappa shape index (κ3) is 2.13. The van der Waals surface area contributed by atoms with Crippen molar-refractivity contribution in [3.05, 3.63) is 35.0 Å². The number of H-pyrrole nitrogens is 1. The highest BCUT2D eigenvalue weighted by Crippen LogP contribution is 2.55. The molecule has 1 aromatic carbocycles. The summed E-state index contributed by atoms with van der Waals surface area (Å²) < 4.78 is 0. The highest BCUT2D eigenvalue weighted by Gasteiger charge is 2.51. The number of fused-ring (bicyclic) bond motifs is 1. The van der Waals surface area contributed by atoms with Gasteiger partial charge in [-0.05, 0) is 93.9 Å². The summed E-state index contributed by atoms with van der Waals surface area (Å²) >= 11 is 0. The molecular weight excluding hydrogens is 296 g/mol. The number of benzene rings is 1. The first-order valence-electron chi connectivity index (χ1n) is 9.43. The summed E-state index contributed by atoms with van der Waals surface area (Å²) in [6, 6.07) is 6.07. The van der Waals surface area contributed by atoms with Crippen LogP contribution in [-0.4, -0.2) is 16.4 Å². The average Bonchev–Trinajstić information content (AvgIpc) is 2.80. The van der Waals surface area contributed by atoms with Gasteiger partial charge in [-0.2, -0.15) is 0 Å². The van der Waals surface area contributed by atoms with Gasteiger partial charge in [-0.1, -0.05) is 0 Å². The van der Waals surface area contributed by atoms with Gasteiger partial charge in [-0.25, -0.2) is 0 Å². The zero-order chi connectivity index (χ0) is 16.5. The van der Waals surface area contributed by atoms with Gasteiger partial charge in [0.15, 0.2) is 0 Å². The van der Waals surface area contributed by atoms with Crippen LogP contribution in [0.1, 0.15) is 60.1 Å². The smallest absolute Gasteiger partial charge is 0.251 e. The zero-order valence-electron chi connectivity index (χ0n) is 14.6. The standard InChI is InChI=1S/C21H26N2O/c1-12-13(2)22-19-4-3-17(8-18(12)19)20(24)23-21-9-14-5-15(10-21)7-16(6-14)11-21/h3-4,8,14-16,22H,5-7,9-11H2,1-2H3,(H,23,24). The number of hydrogen-bond acceptors (Lipinski definition) is 1. The van der Waals surface area contributed by atoms with Gasteiger partial charge in [0.25, 0.3) is 5.91 Å². The lowest BCUT2D eigenvalue weighted by Crippen LogP contribution is -2.59. The van der Waals surface area contributed by atoms with Crippen LogP contribution in [0.4, 0.5) is 0 Å². The third-order valence-electron chi connectivity index (χ3n) is 6.99. The van der Waals surface area contributed by atoms with Gasteiger partial charge in [-0.3, -0.25) is 4.79 Å². The molecule has 0 atom stereocenters. The number of amides is 1. The minimum atomic E-state index is 0.0872. The van der Waals surface area contributed by atoms with E-state index in [1.54, 1.807) is 0 Å². The third-order valence-corrected chi connectivity index (χ3v) is 6.99. The Balaban J connectivity index is 1.43. The highest BCUT2D eigenvalue weighted by atomic mass is 16.1. The van der Waals surface area contributed by atoms with E-state index >= 15 is 0 Å². The molecule has 2 aromatic rings. The van der Waals surface area contributed by atoms with Crippen LogP contribution in [0.25, 0.3) is 10.9 Å². The van der Waals surface area contributed by atoms with E-state index in [0.29, 0.717) is 0 Å². The average molecular weight is 322 g/mol. The van der Waals surface area contributed by atoms with E-state index in [4.69, 9.17) is 0 Å². The van der Waals surface area contributed by atoms with Crippen molar-refractivity contribution in [3.8, 4) is 0 Å². The number of rotatable bonds is 2. The van der Waals surface area contributed by atoms with E-state index < -0.39 is 0 Å². The van der Waals surface area contributed by atoms with Crippen molar-refractivity contribution < 1.29 is 4.79 Å². The first-order valence-corrected chi connectivity index (χ1v) is 9.43. The number of aryl methyl sites for hydroxylation is 2. The van der Waals surface area contributed by atoms with Crippen LogP contribution < -0.4 is 5.32 Å². The summed E-state index contributed by atoms with van der Waals surface area (Å²) in [5.74, 6) is 2.69. The Morgan fingerprint density at radius 1 is 1.08 bits per heavy atom. The maximum Gasteiger partial charge on any atom is 0.251 e. The predicted molar refractivity (Wildman–Crippen MR) is 96.1 cm³/mol. The first-order chi connectivity index (χ1) is 11.5. The molecule has 24 heavy (non-hydrogen) atoms. The van der Waals surface area contributed by atoms with Crippen LogP contribution in [0.2, 0.25) is 0 Å². The summed E-state index contributed by atoms with van der Waals surface area (Å²) in [5.41, 5.74) is 4.44. The van der Waals surface area contributed by atoms with Gasteiger partial charge >= 0.3 is 0 Å². The topological polar surface area (TPSA) is 44.9 Å². The lowest BCUT2D eigenvalue weighted by Gasteiger charge is -2.56. The monoisotopic (exact) mass is 322 g/mol. The molecule has 0 saturated heterocycles. The van der Waals surface area contributed by atoms with E-state index in [0.717, 1.165) is 28.8 Å². The molecular formula is C21H26N2O. The van der Waals surface area contributed by atoms with Crippen molar-refractivity contribution in [1.29, 1.82) is 0 Å². The maximum atomic E-state index is 13.0. The second kappa shape index (κ2) is 4.87.